The number of nitrogens with one attached hydrogen (secondary N) is 2. The monoisotopic (exact) mass is 210 g/mol. The number of carboxylic acids is 1. The molecule has 6 heteroatoms. The summed E-state index contributed by atoms with van der Waals surface area (Å²) in [5, 5.41) is 19.0. The number of aliphatic carboxylic acids is 1. The Labute approximate surface area is 86.9 Å². The number of H-pyrrole nitrogens is 1. The van der Waals surface area contributed by atoms with E-state index < -0.39 is 11.4 Å². The summed E-state index contributed by atoms with van der Waals surface area (Å²) in [6.07, 6.45) is 1.12. The number of rotatable bonds is 2. The molecular weight excluding hydrogens is 196 g/mol. The van der Waals surface area contributed by atoms with Gasteiger partial charge in [-0.15, -0.1) is 0 Å². The zero-order valence-electron chi connectivity index (χ0n) is 8.29. The van der Waals surface area contributed by atoms with Gasteiger partial charge in [0.25, 0.3) is 0 Å². The minimum absolute atomic E-state index is 0.337. The molecule has 0 atom stereocenters. The van der Waals surface area contributed by atoms with Crippen molar-refractivity contribution in [2.24, 2.45) is 0 Å². The van der Waals surface area contributed by atoms with E-state index in [0.717, 1.165) is 0 Å². The molecule has 0 unspecified atom stereocenters. The fraction of sp³-hybridized carbons (Fsp3) is 0.556. The van der Waals surface area contributed by atoms with Gasteiger partial charge in [0, 0.05) is 6.07 Å². The number of hydrogen-bond donors (Lipinski definition) is 4. The molecule has 0 amide bonds. The van der Waals surface area contributed by atoms with Crippen molar-refractivity contribution in [2.45, 2.75) is 18.3 Å². The van der Waals surface area contributed by atoms with E-state index in [1.54, 1.807) is 6.07 Å². The smallest absolute Gasteiger partial charge is 0.315 e. The summed E-state index contributed by atoms with van der Waals surface area (Å²) in [4.78, 5) is 11.4. The normalized spacial score (nSPS) is 20.0. The molecule has 5 N–H and O–H groups in total. The van der Waals surface area contributed by atoms with Gasteiger partial charge in [0.1, 0.15) is 11.2 Å². The van der Waals surface area contributed by atoms with Crippen LogP contribution in [0.3, 0.4) is 0 Å². The van der Waals surface area contributed by atoms with E-state index in [1.807, 2.05) is 0 Å². The summed E-state index contributed by atoms with van der Waals surface area (Å²) in [5.74, 6) is -0.475. The van der Waals surface area contributed by atoms with Crippen molar-refractivity contribution in [2.75, 3.05) is 18.8 Å². The van der Waals surface area contributed by atoms with E-state index in [4.69, 9.17) is 5.73 Å². The van der Waals surface area contributed by atoms with Crippen LogP contribution in [-0.4, -0.2) is 34.4 Å². The van der Waals surface area contributed by atoms with Gasteiger partial charge in [-0.3, -0.25) is 9.89 Å². The predicted octanol–water partition coefficient (Wildman–Crippen LogP) is -0.302. The predicted molar refractivity (Wildman–Crippen MR) is 54.4 cm³/mol. The molecule has 0 saturated carbocycles. The van der Waals surface area contributed by atoms with Gasteiger partial charge in [-0.25, -0.2) is 0 Å². The Morgan fingerprint density at radius 2 is 2.20 bits per heavy atom. The lowest BCUT2D eigenvalue weighted by molar-refractivity contribution is -0.145. The van der Waals surface area contributed by atoms with Crippen molar-refractivity contribution in [3.05, 3.63) is 11.8 Å². The molecule has 1 fully saturated rings. The van der Waals surface area contributed by atoms with Crippen molar-refractivity contribution in [3.63, 3.8) is 0 Å². The quantitative estimate of drug-likeness (QED) is 0.536. The van der Waals surface area contributed by atoms with Gasteiger partial charge < -0.3 is 16.2 Å². The summed E-state index contributed by atoms with van der Waals surface area (Å²) < 4.78 is 0. The number of anilines is 1. The highest BCUT2D eigenvalue weighted by molar-refractivity contribution is 5.81. The molecule has 2 rings (SSSR count). The van der Waals surface area contributed by atoms with Gasteiger partial charge in [0.2, 0.25) is 0 Å². The van der Waals surface area contributed by atoms with Gasteiger partial charge in [-0.05, 0) is 25.9 Å². The van der Waals surface area contributed by atoms with Crippen molar-refractivity contribution in [3.8, 4) is 0 Å². The van der Waals surface area contributed by atoms with E-state index in [1.165, 1.54) is 0 Å². The zero-order valence-corrected chi connectivity index (χ0v) is 8.29. The van der Waals surface area contributed by atoms with E-state index >= 15 is 0 Å². The zero-order chi connectivity index (χ0) is 10.9. The molecule has 6 nitrogen and oxygen atoms in total. The topological polar surface area (TPSA) is 104 Å². The Morgan fingerprint density at radius 3 is 2.67 bits per heavy atom. The lowest BCUT2D eigenvalue weighted by Crippen LogP contribution is -2.45. The van der Waals surface area contributed by atoms with Crippen molar-refractivity contribution in [1.82, 2.24) is 15.5 Å². The molecule has 0 aromatic carbocycles. The summed E-state index contributed by atoms with van der Waals surface area (Å²) in [5.41, 5.74) is 5.25. The maximum absolute atomic E-state index is 11.4. The first kappa shape index (κ1) is 9.97. The number of hydrogen-bond acceptors (Lipinski definition) is 4. The lowest BCUT2D eigenvalue weighted by atomic mass is 9.76. The standard InChI is InChI=1S/C9H14N4O2/c10-7-5-6(12-13-7)9(8(14)15)1-3-11-4-2-9/h5,11H,1-4H2,(H,14,15)(H3,10,12,13). The molecule has 82 valence electrons. The van der Waals surface area contributed by atoms with Crippen LogP contribution in [0.25, 0.3) is 0 Å². The van der Waals surface area contributed by atoms with E-state index in [0.29, 0.717) is 37.4 Å². The molecule has 1 aromatic rings. The van der Waals surface area contributed by atoms with Gasteiger partial charge in [-0.2, -0.15) is 5.10 Å². The first-order chi connectivity index (χ1) is 7.15. The molecule has 0 bridgehead atoms. The molecule has 0 radical (unpaired) electrons. The summed E-state index contributed by atoms with van der Waals surface area (Å²) in [6.45, 7) is 1.40. The van der Waals surface area contributed by atoms with Crippen LogP contribution in [0.1, 0.15) is 18.5 Å². The third kappa shape index (κ3) is 1.56. The molecule has 1 saturated heterocycles. The van der Waals surface area contributed by atoms with Crippen LogP contribution in [0.4, 0.5) is 5.82 Å². The Balaban J connectivity index is 2.37. The number of nitrogen functional groups attached to an aromatic ring is 1. The number of aromatic nitrogens is 2. The highest BCUT2D eigenvalue weighted by atomic mass is 16.4. The number of nitrogens with two attached hydrogens (primary N) is 1. The number of carboxylic acid groups (broad SMARTS) is 1. The van der Waals surface area contributed by atoms with Crippen LogP contribution in [0.2, 0.25) is 0 Å². The molecule has 0 aliphatic carbocycles. The second kappa shape index (κ2) is 3.54. The van der Waals surface area contributed by atoms with E-state index in [2.05, 4.69) is 15.5 Å². The number of aromatic amines is 1. The average Bonchev–Trinajstić information content (AvgIpc) is 2.66. The van der Waals surface area contributed by atoms with Crippen molar-refractivity contribution in [1.29, 1.82) is 0 Å². The van der Waals surface area contributed by atoms with Crippen LogP contribution >= 0.6 is 0 Å². The third-order valence-electron chi connectivity index (χ3n) is 2.98. The second-order valence-corrected chi connectivity index (χ2v) is 3.84. The maximum Gasteiger partial charge on any atom is 0.315 e. The first-order valence-electron chi connectivity index (χ1n) is 4.91. The Kier molecular flexibility index (Phi) is 2.36. The van der Waals surface area contributed by atoms with Crippen molar-refractivity contribution >= 4 is 11.8 Å². The highest BCUT2D eigenvalue weighted by Gasteiger charge is 2.42. The van der Waals surface area contributed by atoms with Gasteiger partial charge in [0.05, 0.1) is 5.69 Å². The number of nitrogens with zero attached hydrogens (tertiary/aromatic N) is 1. The molecule has 1 aromatic heterocycles. The minimum atomic E-state index is -0.851. The van der Waals surface area contributed by atoms with E-state index in [-0.39, 0.29) is 0 Å². The van der Waals surface area contributed by atoms with Crippen LogP contribution in [-0.2, 0) is 10.2 Å². The van der Waals surface area contributed by atoms with Crippen LogP contribution in [0.15, 0.2) is 6.07 Å². The van der Waals surface area contributed by atoms with Gasteiger partial charge in [0.15, 0.2) is 0 Å². The largest absolute Gasteiger partial charge is 0.481 e. The Hall–Kier alpha value is -1.56. The second-order valence-electron chi connectivity index (χ2n) is 3.84. The average molecular weight is 210 g/mol. The van der Waals surface area contributed by atoms with Gasteiger partial charge >= 0.3 is 5.97 Å². The molecule has 1 aliphatic heterocycles. The lowest BCUT2D eigenvalue weighted by Gasteiger charge is -2.32. The molecule has 2 heterocycles. The SMILES string of the molecule is Nc1cc(C2(C(=O)O)CCNCC2)[nH]n1. The summed E-state index contributed by atoms with van der Waals surface area (Å²) in [7, 11) is 0. The van der Waals surface area contributed by atoms with Crippen molar-refractivity contribution < 1.29 is 9.90 Å². The summed E-state index contributed by atoms with van der Waals surface area (Å²) in [6, 6.07) is 1.61. The number of carbonyl (C=O) groups is 1. The van der Waals surface area contributed by atoms with Gasteiger partial charge in [-0.1, -0.05) is 0 Å². The summed E-state index contributed by atoms with van der Waals surface area (Å²) >= 11 is 0. The third-order valence-corrected chi connectivity index (χ3v) is 2.98. The maximum atomic E-state index is 11.4. The Bertz CT molecular complexity index is 368. The van der Waals surface area contributed by atoms with Crippen LogP contribution in [0.5, 0.6) is 0 Å². The number of piperidine rings is 1. The fourth-order valence-corrected chi connectivity index (χ4v) is 2.03. The highest BCUT2D eigenvalue weighted by Crippen LogP contribution is 2.33. The Morgan fingerprint density at radius 1 is 1.53 bits per heavy atom. The van der Waals surface area contributed by atoms with E-state index in [9.17, 15) is 9.90 Å². The van der Waals surface area contributed by atoms with Crippen LogP contribution in [0, 0.1) is 0 Å². The molecule has 1 aliphatic rings. The minimum Gasteiger partial charge on any atom is -0.481 e. The molecular formula is C9H14N4O2. The first-order valence-corrected chi connectivity index (χ1v) is 4.91. The molecule has 15 heavy (non-hydrogen) atoms. The fourth-order valence-electron chi connectivity index (χ4n) is 2.03. The van der Waals surface area contributed by atoms with Crippen LogP contribution < -0.4 is 11.1 Å². The molecule has 0 spiro atoms.